The van der Waals surface area contributed by atoms with Crippen LogP contribution in [0.2, 0.25) is 0 Å². The summed E-state index contributed by atoms with van der Waals surface area (Å²) in [5.74, 6) is -0.0376. The molecule has 102 valence electrons. The molecule has 0 radical (unpaired) electrons. The first-order chi connectivity index (χ1) is 9.29. The summed E-state index contributed by atoms with van der Waals surface area (Å²) in [5, 5.41) is 2.78. The standard InChI is InChI=1S/C16H22N2O/c1-2-10-17-16(19)15-8-6-14(7-9-15)13-18-11-4-3-5-12-18/h2,6-9H,1,3-5,10-13H2,(H,17,19). The van der Waals surface area contributed by atoms with E-state index in [2.05, 4.69) is 28.9 Å². The van der Waals surface area contributed by atoms with E-state index in [-0.39, 0.29) is 5.91 Å². The number of hydrogen-bond donors (Lipinski definition) is 1. The van der Waals surface area contributed by atoms with Gasteiger partial charge in [0.25, 0.3) is 5.91 Å². The van der Waals surface area contributed by atoms with Crippen molar-refractivity contribution < 1.29 is 4.79 Å². The summed E-state index contributed by atoms with van der Waals surface area (Å²) < 4.78 is 0. The van der Waals surface area contributed by atoms with E-state index in [4.69, 9.17) is 0 Å². The van der Waals surface area contributed by atoms with Gasteiger partial charge in [-0.15, -0.1) is 6.58 Å². The van der Waals surface area contributed by atoms with E-state index in [1.165, 1.54) is 37.9 Å². The Bertz CT molecular complexity index is 419. The second-order valence-electron chi connectivity index (χ2n) is 5.03. The fourth-order valence-corrected chi connectivity index (χ4v) is 2.40. The molecule has 1 aromatic carbocycles. The fraction of sp³-hybridized carbons (Fsp3) is 0.438. The molecular formula is C16H22N2O. The largest absolute Gasteiger partial charge is 0.349 e. The average Bonchev–Trinajstić information content (AvgIpc) is 2.46. The number of benzene rings is 1. The lowest BCUT2D eigenvalue weighted by atomic mass is 10.1. The van der Waals surface area contributed by atoms with E-state index in [9.17, 15) is 4.79 Å². The van der Waals surface area contributed by atoms with Crippen LogP contribution >= 0.6 is 0 Å². The molecule has 1 N–H and O–H groups in total. The van der Waals surface area contributed by atoms with Crippen molar-refractivity contribution in [2.75, 3.05) is 19.6 Å². The van der Waals surface area contributed by atoms with Crippen LogP contribution in [0.25, 0.3) is 0 Å². The first-order valence-electron chi connectivity index (χ1n) is 7.00. The van der Waals surface area contributed by atoms with E-state index in [1.54, 1.807) is 6.08 Å². The van der Waals surface area contributed by atoms with Crippen LogP contribution in [0.15, 0.2) is 36.9 Å². The molecule has 1 aliphatic heterocycles. The second-order valence-corrected chi connectivity index (χ2v) is 5.03. The van der Waals surface area contributed by atoms with Crippen LogP contribution in [0.1, 0.15) is 35.2 Å². The highest BCUT2D eigenvalue weighted by Gasteiger charge is 2.10. The van der Waals surface area contributed by atoms with Gasteiger partial charge in [-0.05, 0) is 43.6 Å². The molecule has 1 aliphatic rings. The van der Waals surface area contributed by atoms with Gasteiger partial charge in [0.15, 0.2) is 0 Å². The van der Waals surface area contributed by atoms with Gasteiger partial charge in [0.1, 0.15) is 0 Å². The topological polar surface area (TPSA) is 32.3 Å². The van der Waals surface area contributed by atoms with Gasteiger partial charge in [0, 0.05) is 18.7 Å². The van der Waals surface area contributed by atoms with Crippen molar-refractivity contribution in [1.29, 1.82) is 0 Å². The summed E-state index contributed by atoms with van der Waals surface area (Å²) >= 11 is 0. The minimum atomic E-state index is -0.0376. The summed E-state index contributed by atoms with van der Waals surface area (Å²) in [7, 11) is 0. The van der Waals surface area contributed by atoms with Crippen molar-refractivity contribution in [2.45, 2.75) is 25.8 Å². The van der Waals surface area contributed by atoms with Crippen molar-refractivity contribution in [3.05, 3.63) is 48.0 Å². The second kappa shape index (κ2) is 7.10. The first kappa shape index (κ1) is 13.8. The predicted molar refractivity (Wildman–Crippen MR) is 78.1 cm³/mol. The third-order valence-electron chi connectivity index (χ3n) is 3.48. The monoisotopic (exact) mass is 258 g/mol. The number of piperidine rings is 1. The Labute approximate surface area is 115 Å². The van der Waals surface area contributed by atoms with E-state index in [1.807, 2.05) is 12.1 Å². The third kappa shape index (κ3) is 4.21. The Morgan fingerprint density at radius 2 is 1.89 bits per heavy atom. The van der Waals surface area contributed by atoms with Crippen molar-refractivity contribution >= 4 is 5.91 Å². The Hall–Kier alpha value is -1.61. The fourth-order valence-electron chi connectivity index (χ4n) is 2.40. The number of nitrogens with one attached hydrogen (secondary N) is 1. The number of carbonyl (C=O) groups is 1. The minimum absolute atomic E-state index is 0.0376. The zero-order valence-corrected chi connectivity index (χ0v) is 11.4. The van der Waals surface area contributed by atoms with Crippen LogP contribution in [0, 0.1) is 0 Å². The van der Waals surface area contributed by atoms with Crippen molar-refractivity contribution in [2.24, 2.45) is 0 Å². The Morgan fingerprint density at radius 1 is 1.21 bits per heavy atom. The predicted octanol–water partition coefficient (Wildman–Crippen LogP) is 2.59. The first-order valence-corrected chi connectivity index (χ1v) is 7.00. The van der Waals surface area contributed by atoms with Gasteiger partial charge >= 0.3 is 0 Å². The van der Waals surface area contributed by atoms with Gasteiger partial charge in [-0.3, -0.25) is 9.69 Å². The molecule has 1 fully saturated rings. The molecule has 0 aliphatic carbocycles. The molecule has 2 rings (SSSR count). The van der Waals surface area contributed by atoms with Crippen molar-refractivity contribution in [3.63, 3.8) is 0 Å². The smallest absolute Gasteiger partial charge is 0.251 e. The van der Waals surface area contributed by atoms with Crippen LogP contribution in [0.3, 0.4) is 0 Å². The zero-order valence-electron chi connectivity index (χ0n) is 11.4. The van der Waals surface area contributed by atoms with E-state index >= 15 is 0 Å². The quantitative estimate of drug-likeness (QED) is 0.823. The molecule has 1 amide bonds. The van der Waals surface area contributed by atoms with Crippen molar-refractivity contribution in [1.82, 2.24) is 10.2 Å². The zero-order chi connectivity index (χ0) is 13.5. The van der Waals surface area contributed by atoms with Crippen LogP contribution in [0.5, 0.6) is 0 Å². The molecule has 0 spiro atoms. The van der Waals surface area contributed by atoms with Crippen LogP contribution in [-0.4, -0.2) is 30.4 Å². The Morgan fingerprint density at radius 3 is 2.53 bits per heavy atom. The minimum Gasteiger partial charge on any atom is -0.349 e. The maximum atomic E-state index is 11.7. The molecule has 1 aromatic rings. The summed E-state index contributed by atoms with van der Waals surface area (Å²) in [4.78, 5) is 14.2. The van der Waals surface area contributed by atoms with Gasteiger partial charge in [-0.25, -0.2) is 0 Å². The molecule has 19 heavy (non-hydrogen) atoms. The summed E-state index contributed by atoms with van der Waals surface area (Å²) in [6.07, 6.45) is 5.66. The van der Waals surface area contributed by atoms with Crippen LogP contribution < -0.4 is 5.32 Å². The molecule has 0 atom stereocenters. The molecule has 1 heterocycles. The molecule has 0 unspecified atom stereocenters. The molecule has 3 heteroatoms. The highest BCUT2D eigenvalue weighted by atomic mass is 16.1. The molecule has 0 bridgehead atoms. The van der Waals surface area contributed by atoms with E-state index < -0.39 is 0 Å². The lowest BCUT2D eigenvalue weighted by molar-refractivity contribution is 0.0958. The van der Waals surface area contributed by atoms with E-state index in [0.29, 0.717) is 12.1 Å². The molecule has 0 saturated carbocycles. The number of nitrogens with zero attached hydrogens (tertiary/aromatic N) is 1. The molecule has 0 aromatic heterocycles. The Kier molecular flexibility index (Phi) is 5.16. The maximum Gasteiger partial charge on any atom is 0.251 e. The molecule has 1 saturated heterocycles. The normalized spacial score (nSPS) is 16.0. The SMILES string of the molecule is C=CCNC(=O)c1ccc(CN2CCCCC2)cc1. The van der Waals surface area contributed by atoms with Gasteiger partial charge < -0.3 is 5.32 Å². The maximum absolute atomic E-state index is 11.7. The number of carbonyl (C=O) groups excluding carboxylic acids is 1. The average molecular weight is 258 g/mol. The lowest BCUT2D eigenvalue weighted by Gasteiger charge is -2.26. The third-order valence-corrected chi connectivity index (χ3v) is 3.48. The summed E-state index contributed by atoms with van der Waals surface area (Å²) in [6, 6.07) is 7.91. The van der Waals surface area contributed by atoms with Gasteiger partial charge in [0.05, 0.1) is 0 Å². The summed E-state index contributed by atoms with van der Waals surface area (Å²) in [5.41, 5.74) is 1.99. The van der Waals surface area contributed by atoms with E-state index in [0.717, 1.165) is 6.54 Å². The van der Waals surface area contributed by atoms with Gasteiger partial charge in [0.2, 0.25) is 0 Å². The van der Waals surface area contributed by atoms with Crippen molar-refractivity contribution in [3.8, 4) is 0 Å². The molecule has 3 nitrogen and oxygen atoms in total. The van der Waals surface area contributed by atoms with Gasteiger partial charge in [-0.1, -0.05) is 24.6 Å². The molecular weight excluding hydrogens is 236 g/mol. The lowest BCUT2D eigenvalue weighted by Crippen LogP contribution is -2.29. The summed E-state index contributed by atoms with van der Waals surface area (Å²) in [6.45, 7) is 7.48. The Balaban J connectivity index is 1.90. The highest BCUT2D eigenvalue weighted by molar-refractivity contribution is 5.94. The van der Waals surface area contributed by atoms with Crippen LogP contribution in [-0.2, 0) is 6.54 Å². The number of rotatable bonds is 5. The van der Waals surface area contributed by atoms with Gasteiger partial charge in [-0.2, -0.15) is 0 Å². The number of likely N-dealkylation sites (tertiary alicyclic amines) is 1. The highest BCUT2D eigenvalue weighted by Crippen LogP contribution is 2.13. The number of hydrogen-bond acceptors (Lipinski definition) is 2. The number of amides is 1. The van der Waals surface area contributed by atoms with Crippen LogP contribution in [0.4, 0.5) is 0 Å².